The second-order valence-electron chi connectivity index (χ2n) is 2.67. The molecule has 55 valence electrons. The van der Waals surface area contributed by atoms with E-state index in [4.69, 9.17) is 0 Å². The van der Waals surface area contributed by atoms with Crippen molar-refractivity contribution >= 4 is 6.08 Å². The van der Waals surface area contributed by atoms with Crippen molar-refractivity contribution in [3.8, 4) is 0 Å². The smallest absolute Gasteiger partial charge is 0.0997 e. The molecule has 0 aliphatic heterocycles. The van der Waals surface area contributed by atoms with Gasteiger partial charge in [-0.2, -0.15) is 0 Å². The molecular formula is C10H8F. The first-order valence-corrected chi connectivity index (χ1v) is 3.66. The molecule has 0 spiro atoms. The van der Waals surface area contributed by atoms with Crippen molar-refractivity contribution in [1.29, 1.82) is 0 Å². The summed E-state index contributed by atoms with van der Waals surface area (Å²) in [5.41, 5.74) is 2.20. The van der Waals surface area contributed by atoms with Crippen LogP contribution in [0.4, 0.5) is 4.39 Å². The molecule has 1 atom stereocenters. The summed E-state index contributed by atoms with van der Waals surface area (Å²) in [5.74, 6) is -0.0255. The van der Waals surface area contributed by atoms with Crippen LogP contribution in [0.15, 0.2) is 24.3 Å². The summed E-state index contributed by atoms with van der Waals surface area (Å²) in [7, 11) is 0. The lowest BCUT2D eigenvalue weighted by atomic mass is 10.0. The van der Waals surface area contributed by atoms with Crippen LogP contribution in [0, 0.1) is 6.07 Å². The van der Waals surface area contributed by atoms with Crippen molar-refractivity contribution in [3.05, 3.63) is 41.5 Å². The number of hydrogen-bond donors (Lipinski definition) is 0. The third-order valence-corrected chi connectivity index (χ3v) is 2.01. The van der Waals surface area contributed by atoms with Crippen molar-refractivity contribution in [1.82, 2.24) is 0 Å². The number of benzene rings is 1. The van der Waals surface area contributed by atoms with E-state index >= 15 is 0 Å². The maximum Gasteiger partial charge on any atom is 0.0997 e. The summed E-state index contributed by atoms with van der Waals surface area (Å²) in [6.45, 7) is -0.304. The fraction of sp³-hybridized carbons (Fsp3) is 0.200. The summed E-state index contributed by atoms with van der Waals surface area (Å²) in [6, 6.07) is 8.62. The van der Waals surface area contributed by atoms with Crippen LogP contribution in [0.25, 0.3) is 6.08 Å². The molecule has 1 aliphatic carbocycles. The molecule has 1 aromatic carbocycles. The standard InChI is InChI=1S/C10H8F/c11-7-9-6-5-8-3-1-2-4-10(8)9/h1,3-6,9H,7H2. The fourth-order valence-corrected chi connectivity index (χ4v) is 1.39. The molecule has 0 heterocycles. The summed E-state index contributed by atoms with van der Waals surface area (Å²) >= 11 is 0. The Morgan fingerprint density at radius 1 is 1.55 bits per heavy atom. The van der Waals surface area contributed by atoms with Gasteiger partial charge in [0.15, 0.2) is 0 Å². The lowest BCUT2D eigenvalue weighted by Crippen LogP contribution is -1.93. The van der Waals surface area contributed by atoms with Gasteiger partial charge in [-0.15, -0.1) is 0 Å². The Kier molecular flexibility index (Phi) is 1.50. The number of rotatable bonds is 1. The zero-order valence-corrected chi connectivity index (χ0v) is 6.05. The molecule has 1 aliphatic rings. The second kappa shape index (κ2) is 2.50. The second-order valence-corrected chi connectivity index (χ2v) is 2.67. The summed E-state index contributed by atoms with van der Waals surface area (Å²) in [5, 5.41) is 0. The monoisotopic (exact) mass is 147 g/mol. The first kappa shape index (κ1) is 6.59. The van der Waals surface area contributed by atoms with E-state index in [1.54, 1.807) is 0 Å². The van der Waals surface area contributed by atoms with Crippen molar-refractivity contribution in [3.63, 3.8) is 0 Å². The molecule has 11 heavy (non-hydrogen) atoms. The van der Waals surface area contributed by atoms with Gasteiger partial charge in [0.1, 0.15) is 0 Å². The molecular weight excluding hydrogens is 139 g/mol. The normalized spacial score (nSPS) is 20.3. The lowest BCUT2D eigenvalue weighted by molar-refractivity contribution is 0.469. The molecule has 1 unspecified atom stereocenters. The Labute approximate surface area is 65.4 Å². The predicted octanol–water partition coefficient (Wildman–Crippen LogP) is 2.57. The Bertz CT molecular complexity index is 289. The van der Waals surface area contributed by atoms with Gasteiger partial charge in [-0.3, -0.25) is 4.39 Å². The molecule has 1 radical (unpaired) electrons. The van der Waals surface area contributed by atoms with Crippen molar-refractivity contribution < 1.29 is 4.39 Å². The fourth-order valence-electron chi connectivity index (χ4n) is 1.39. The van der Waals surface area contributed by atoms with Crippen molar-refractivity contribution in [2.24, 2.45) is 0 Å². The van der Waals surface area contributed by atoms with Crippen LogP contribution in [-0.2, 0) is 0 Å². The Morgan fingerprint density at radius 3 is 3.27 bits per heavy atom. The Balaban J connectivity index is 2.46. The van der Waals surface area contributed by atoms with E-state index < -0.39 is 0 Å². The molecule has 0 fully saturated rings. The maximum absolute atomic E-state index is 12.3. The van der Waals surface area contributed by atoms with Gasteiger partial charge in [0, 0.05) is 5.92 Å². The van der Waals surface area contributed by atoms with E-state index in [2.05, 4.69) is 6.07 Å². The highest BCUT2D eigenvalue weighted by Gasteiger charge is 2.15. The number of hydrogen-bond acceptors (Lipinski definition) is 0. The number of fused-ring (bicyclic) bond motifs is 1. The van der Waals surface area contributed by atoms with Crippen LogP contribution >= 0.6 is 0 Å². The number of alkyl halides is 1. The van der Waals surface area contributed by atoms with Crippen molar-refractivity contribution in [2.45, 2.75) is 5.92 Å². The minimum absolute atomic E-state index is 0.0255. The quantitative estimate of drug-likeness (QED) is 0.572. The molecule has 2 rings (SSSR count). The minimum atomic E-state index is -0.304. The third kappa shape index (κ3) is 0.967. The molecule has 0 nitrogen and oxygen atoms in total. The van der Waals surface area contributed by atoms with Crippen LogP contribution < -0.4 is 0 Å². The highest BCUT2D eigenvalue weighted by atomic mass is 19.1. The number of allylic oxidation sites excluding steroid dienone is 1. The highest BCUT2D eigenvalue weighted by Crippen LogP contribution is 2.29. The Hall–Kier alpha value is -1.11. The van der Waals surface area contributed by atoms with E-state index in [9.17, 15) is 4.39 Å². The zero-order valence-electron chi connectivity index (χ0n) is 6.05. The molecule has 0 N–H and O–H groups in total. The SMILES string of the molecule is FCC1C=Cc2cc[c]cc21. The van der Waals surface area contributed by atoms with Crippen LogP contribution in [0.2, 0.25) is 0 Å². The first-order chi connectivity index (χ1) is 5.42. The van der Waals surface area contributed by atoms with Gasteiger partial charge in [-0.1, -0.05) is 24.3 Å². The molecule has 0 amide bonds. The van der Waals surface area contributed by atoms with Gasteiger partial charge in [0.05, 0.1) is 6.67 Å². The van der Waals surface area contributed by atoms with Gasteiger partial charge >= 0.3 is 0 Å². The average Bonchev–Trinajstić information content (AvgIpc) is 2.47. The van der Waals surface area contributed by atoms with Crippen LogP contribution in [0.3, 0.4) is 0 Å². The van der Waals surface area contributed by atoms with Crippen molar-refractivity contribution in [2.75, 3.05) is 6.67 Å². The maximum atomic E-state index is 12.3. The van der Waals surface area contributed by atoms with Gasteiger partial charge in [0.25, 0.3) is 0 Å². The number of halogens is 1. The summed E-state index contributed by atoms with van der Waals surface area (Å²) < 4.78 is 12.3. The molecule has 0 saturated carbocycles. The Morgan fingerprint density at radius 2 is 2.45 bits per heavy atom. The average molecular weight is 147 g/mol. The molecule has 0 aromatic heterocycles. The van der Waals surface area contributed by atoms with Crippen LogP contribution in [0.5, 0.6) is 0 Å². The van der Waals surface area contributed by atoms with Gasteiger partial charge < -0.3 is 0 Å². The topological polar surface area (TPSA) is 0 Å². The summed E-state index contributed by atoms with van der Waals surface area (Å²) in [4.78, 5) is 0. The van der Waals surface area contributed by atoms with E-state index in [-0.39, 0.29) is 12.6 Å². The van der Waals surface area contributed by atoms with Crippen LogP contribution in [-0.4, -0.2) is 6.67 Å². The third-order valence-electron chi connectivity index (χ3n) is 2.01. The highest BCUT2D eigenvalue weighted by molar-refractivity contribution is 5.62. The van der Waals surface area contributed by atoms with Gasteiger partial charge in [0.2, 0.25) is 0 Å². The summed E-state index contributed by atoms with van der Waals surface area (Å²) in [6.07, 6.45) is 3.87. The lowest BCUT2D eigenvalue weighted by Gasteiger charge is -2.03. The first-order valence-electron chi connectivity index (χ1n) is 3.66. The predicted molar refractivity (Wildman–Crippen MR) is 43.0 cm³/mol. The molecule has 1 aromatic rings. The molecule has 1 heteroatoms. The molecule has 0 bridgehead atoms. The van der Waals surface area contributed by atoms with Gasteiger partial charge in [-0.25, -0.2) is 0 Å². The van der Waals surface area contributed by atoms with Gasteiger partial charge in [-0.05, 0) is 23.3 Å². The molecule has 0 saturated heterocycles. The minimum Gasteiger partial charge on any atom is -0.250 e. The zero-order chi connectivity index (χ0) is 7.68. The van der Waals surface area contributed by atoms with E-state index in [0.29, 0.717) is 0 Å². The van der Waals surface area contributed by atoms with Crippen LogP contribution in [0.1, 0.15) is 17.0 Å². The van der Waals surface area contributed by atoms with E-state index in [0.717, 1.165) is 11.1 Å². The largest absolute Gasteiger partial charge is 0.250 e. The van der Waals surface area contributed by atoms with E-state index in [1.165, 1.54) is 0 Å². The van der Waals surface area contributed by atoms with E-state index in [1.807, 2.05) is 30.4 Å².